The molecule has 25 heavy (non-hydrogen) atoms. The molecule has 0 saturated heterocycles. The molecule has 9 heteroatoms. The maximum absolute atomic E-state index is 12.1. The molecule has 0 saturated carbocycles. The average molecular weight is 364 g/mol. The molecule has 1 aromatic heterocycles. The minimum Gasteiger partial charge on any atom is -0.473 e. The van der Waals surface area contributed by atoms with Crippen LogP contribution in [0.3, 0.4) is 0 Å². The fraction of sp³-hybridized carbons (Fsp3) is 0.312. The van der Waals surface area contributed by atoms with E-state index in [0.717, 1.165) is 11.8 Å². The SMILES string of the molecule is CS(=O)(=O)CCNC(=O)c1cccc(COc2cc(CN)ncn2)c1. The number of carbonyl (C=O) groups excluding carboxylic acids is 1. The number of hydrogen-bond donors (Lipinski definition) is 2. The Hall–Kier alpha value is -2.52. The van der Waals surface area contributed by atoms with Crippen LogP contribution in [0.1, 0.15) is 21.6 Å². The van der Waals surface area contributed by atoms with Gasteiger partial charge in [-0.05, 0) is 17.7 Å². The number of amides is 1. The van der Waals surface area contributed by atoms with Gasteiger partial charge in [-0.2, -0.15) is 0 Å². The number of carbonyl (C=O) groups is 1. The van der Waals surface area contributed by atoms with E-state index in [1.807, 2.05) is 6.07 Å². The summed E-state index contributed by atoms with van der Waals surface area (Å²) in [5, 5.41) is 2.58. The Balaban J connectivity index is 1.94. The second kappa shape index (κ2) is 8.54. The third-order valence-electron chi connectivity index (χ3n) is 3.24. The van der Waals surface area contributed by atoms with Crippen LogP contribution in [0.4, 0.5) is 0 Å². The molecule has 8 nitrogen and oxygen atoms in total. The lowest BCUT2D eigenvalue weighted by Crippen LogP contribution is -2.28. The number of nitrogens with two attached hydrogens (primary N) is 1. The molecular weight excluding hydrogens is 344 g/mol. The van der Waals surface area contributed by atoms with E-state index in [-0.39, 0.29) is 24.8 Å². The number of benzene rings is 1. The highest BCUT2D eigenvalue weighted by molar-refractivity contribution is 7.90. The molecule has 134 valence electrons. The van der Waals surface area contributed by atoms with Crippen LogP contribution in [0.2, 0.25) is 0 Å². The van der Waals surface area contributed by atoms with E-state index in [1.54, 1.807) is 24.3 Å². The Bertz CT molecular complexity index is 840. The van der Waals surface area contributed by atoms with Crippen LogP contribution in [-0.2, 0) is 23.0 Å². The first-order chi connectivity index (χ1) is 11.9. The summed E-state index contributed by atoms with van der Waals surface area (Å²) in [5.41, 5.74) is 7.40. The van der Waals surface area contributed by atoms with Crippen molar-refractivity contribution in [3.63, 3.8) is 0 Å². The van der Waals surface area contributed by atoms with Crippen molar-refractivity contribution in [2.45, 2.75) is 13.2 Å². The fourth-order valence-corrected chi connectivity index (χ4v) is 2.45. The van der Waals surface area contributed by atoms with Crippen LogP contribution < -0.4 is 15.8 Å². The van der Waals surface area contributed by atoms with Crippen LogP contribution in [-0.4, -0.2) is 42.8 Å². The van der Waals surface area contributed by atoms with Gasteiger partial charge in [0, 0.05) is 31.0 Å². The molecule has 0 aliphatic rings. The highest BCUT2D eigenvalue weighted by Crippen LogP contribution is 2.11. The zero-order valence-electron chi connectivity index (χ0n) is 13.8. The highest BCUT2D eigenvalue weighted by Gasteiger charge is 2.08. The lowest BCUT2D eigenvalue weighted by atomic mass is 10.1. The summed E-state index contributed by atoms with van der Waals surface area (Å²) in [6, 6.07) is 8.53. The summed E-state index contributed by atoms with van der Waals surface area (Å²) in [6.07, 6.45) is 2.50. The maximum Gasteiger partial charge on any atom is 0.251 e. The molecule has 0 fully saturated rings. The van der Waals surface area contributed by atoms with Crippen molar-refractivity contribution in [2.75, 3.05) is 18.6 Å². The smallest absolute Gasteiger partial charge is 0.251 e. The van der Waals surface area contributed by atoms with E-state index in [0.29, 0.717) is 23.7 Å². The molecule has 0 unspecified atom stereocenters. The quantitative estimate of drug-likeness (QED) is 0.690. The largest absolute Gasteiger partial charge is 0.473 e. The number of aromatic nitrogens is 2. The van der Waals surface area contributed by atoms with Gasteiger partial charge in [0.15, 0.2) is 0 Å². The van der Waals surface area contributed by atoms with Gasteiger partial charge in [-0.1, -0.05) is 12.1 Å². The van der Waals surface area contributed by atoms with Gasteiger partial charge >= 0.3 is 0 Å². The normalized spacial score (nSPS) is 11.1. The summed E-state index contributed by atoms with van der Waals surface area (Å²) in [4.78, 5) is 20.0. The molecule has 1 amide bonds. The Morgan fingerprint density at radius 2 is 2.08 bits per heavy atom. The third-order valence-corrected chi connectivity index (χ3v) is 4.19. The van der Waals surface area contributed by atoms with Gasteiger partial charge in [-0.15, -0.1) is 0 Å². The zero-order valence-corrected chi connectivity index (χ0v) is 14.6. The molecular formula is C16H20N4O4S. The predicted octanol–water partition coefficient (Wildman–Crippen LogP) is 0.289. The Morgan fingerprint density at radius 1 is 1.28 bits per heavy atom. The number of sulfone groups is 1. The molecule has 2 rings (SSSR count). The molecule has 0 atom stereocenters. The monoisotopic (exact) mass is 364 g/mol. The van der Waals surface area contributed by atoms with Crippen molar-refractivity contribution in [3.05, 3.63) is 53.5 Å². The van der Waals surface area contributed by atoms with E-state index in [2.05, 4.69) is 15.3 Å². The Labute approximate surface area is 146 Å². The van der Waals surface area contributed by atoms with Gasteiger partial charge in [-0.25, -0.2) is 18.4 Å². The molecule has 1 heterocycles. The molecule has 2 aromatic rings. The first kappa shape index (κ1) is 18.8. The van der Waals surface area contributed by atoms with Crippen LogP contribution >= 0.6 is 0 Å². The standard InChI is InChI=1S/C16H20N4O4S/c1-25(22,23)6-5-18-16(21)13-4-2-3-12(7-13)10-24-15-8-14(9-17)19-11-20-15/h2-4,7-8,11H,5-6,9-10,17H2,1H3,(H,18,21). The number of ether oxygens (including phenoxy) is 1. The molecule has 0 bridgehead atoms. The zero-order chi connectivity index (χ0) is 18.3. The number of hydrogen-bond acceptors (Lipinski definition) is 7. The van der Waals surface area contributed by atoms with Crippen LogP contribution in [0, 0.1) is 0 Å². The molecule has 0 aliphatic carbocycles. The van der Waals surface area contributed by atoms with Crippen molar-refractivity contribution in [2.24, 2.45) is 5.73 Å². The summed E-state index contributed by atoms with van der Waals surface area (Å²) in [7, 11) is -3.11. The van der Waals surface area contributed by atoms with Crippen LogP contribution in [0.25, 0.3) is 0 Å². The summed E-state index contributed by atoms with van der Waals surface area (Å²) in [5.74, 6) is -0.0324. The second-order valence-electron chi connectivity index (χ2n) is 5.43. The van der Waals surface area contributed by atoms with E-state index >= 15 is 0 Å². The van der Waals surface area contributed by atoms with Gasteiger partial charge in [-0.3, -0.25) is 4.79 Å². The van der Waals surface area contributed by atoms with Gasteiger partial charge in [0.05, 0.1) is 11.4 Å². The summed E-state index contributed by atoms with van der Waals surface area (Å²) < 4.78 is 27.7. The summed E-state index contributed by atoms with van der Waals surface area (Å²) >= 11 is 0. The average Bonchev–Trinajstić information content (AvgIpc) is 2.59. The van der Waals surface area contributed by atoms with Crippen LogP contribution in [0.5, 0.6) is 5.88 Å². The molecule has 0 radical (unpaired) electrons. The lowest BCUT2D eigenvalue weighted by molar-refractivity contribution is 0.0956. The van der Waals surface area contributed by atoms with E-state index in [4.69, 9.17) is 10.5 Å². The van der Waals surface area contributed by atoms with Crippen molar-refractivity contribution in [3.8, 4) is 5.88 Å². The first-order valence-electron chi connectivity index (χ1n) is 7.56. The molecule has 1 aromatic carbocycles. The van der Waals surface area contributed by atoms with Gasteiger partial charge in [0.25, 0.3) is 5.91 Å². The van der Waals surface area contributed by atoms with Crippen molar-refractivity contribution >= 4 is 15.7 Å². The summed E-state index contributed by atoms with van der Waals surface area (Å²) in [6.45, 7) is 0.592. The van der Waals surface area contributed by atoms with Crippen molar-refractivity contribution in [1.29, 1.82) is 0 Å². The van der Waals surface area contributed by atoms with Gasteiger partial charge < -0.3 is 15.8 Å². The minimum absolute atomic E-state index is 0.0706. The third kappa shape index (κ3) is 6.48. The predicted molar refractivity (Wildman–Crippen MR) is 92.7 cm³/mol. The maximum atomic E-state index is 12.1. The lowest BCUT2D eigenvalue weighted by Gasteiger charge is -2.08. The highest BCUT2D eigenvalue weighted by atomic mass is 32.2. The number of rotatable bonds is 8. The van der Waals surface area contributed by atoms with Gasteiger partial charge in [0.2, 0.25) is 5.88 Å². The van der Waals surface area contributed by atoms with Crippen LogP contribution in [0.15, 0.2) is 36.7 Å². The van der Waals surface area contributed by atoms with E-state index in [1.165, 1.54) is 6.33 Å². The van der Waals surface area contributed by atoms with E-state index < -0.39 is 9.84 Å². The van der Waals surface area contributed by atoms with Crippen molar-refractivity contribution in [1.82, 2.24) is 15.3 Å². The molecule has 0 aliphatic heterocycles. The first-order valence-corrected chi connectivity index (χ1v) is 9.62. The molecule has 3 N–H and O–H groups in total. The number of nitrogens with zero attached hydrogens (tertiary/aromatic N) is 2. The van der Waals surface area contributed by atoms with Crippen molar-refractivity contribution < 1.29 is 17.9 Å². The molecule has 0 spiro atoms. The topological polar surface area (TPSA) is 124 Å². The Kier molecular flexibility index (Phi) is 6.43. The Morgan fingerprint density at radius 3 is 2.80 bits per heavy atom. The minimum atomic E-state index is -3.11. The van der Waals surface area contributed by atoms with Gasteiger partial charge in [0.1, 0.15) is 22.8 Å². The number of nitrogens with one attached hydrogen (secondary N) is 1. The second-order valence-corrected chi connectivity index (χ2v) is 7.69. The fourth-order valence-electron chi connectivity index (χ4n) is 1.98. The van der Waals surface area contributed by atoms with E-state index in [9.17, 15) is 13.2 Å².